The summed E-state index contributed by atoms with van der Waals surface area (Å²) < 4.78 is 47.0. The fraction of sp³-hybridized carbons (Fsp3) is 0.321. The molecule has 0 bridgehead atoms. The summed E-state index contributed by atoms with van der Waals surface area (Å²) in [6.45, 7) is 0.0583. The Bertz CT molecular complexity index is 1440. The number of alkyl halides is 3. The minimum Gasteiger partial charge on any atom is -0.354 e. The highest BCUT2D eigenvalue weighted by Gasteiger charge is 2.39. The molecule has 1 aliphatic rings. The van der Waals surface area contributed by atoms with E-state index in [-0.39, 0.29) is 30.8 Å². The molecule has 0 atom stereocenters. The lowest BCUT2D eigenvalue weighted by molar-refractivity contribution is -0.141. The van der Waals surface area contributed by atoms with Gasteiger partial charge in [-0.25, -0.2) is 4.68 Å². The van der Waals surface area contributed by atoms with Crippen LogP contribution in [0.15, 0.2) is 71.4 Å². The Morgan fingerprint density at radius 1 is 0.925 bits per heavy atom. The zero-order valence-electron chi connectivity index (χ0n) is 21.4. The molecular formula is C28H27F3N6O3. The van der Waals surface area contributed by atoms with Crippen molar-refractivity contribution in [3.63, 3.8) is 0 Å². The Balaban J connectivity index is 1.09. The molecule has 4 aromatic rings. The Morgan fingerprint density at radius 2 is 1.57 bits per heavy atom. The predicted octanol–water partition coefficient (Wildman–Crippen LogP) is 4.76. The number of hydrogen-bond acceptors (Lipinski definition) is 6. The summed E-state index contributed by atoms with van der Waals surface area (Å²) in [5.41, 5.74) is -0.615. The number of carbonyl (C=O) groups is 2. The maximum Gasteiger partial charge on any atom is 0.435 e. The molecule has 0 spiro atoms. The van der Waals surface area contributed by atoms with E-state index in [4.69, 9.17) is 4.52 Å². The lowest BCUT2D eigenvalue weighted by Crippen LogP contribution is -2.38. The topological polar surface area (TPSA) is 115 Å². The molecule has 12 heteroatoms. The Labute approximate surface area is 227 Å². The highest BCUT2D eigenvalue weighted by Crippen LogP contribution is 2.35. The largest absolute Gasteiger partial charge is 0.435 e. The molecule has 0 saturated heterocycles. The minimum absolute atomic E-state index is 0.0289. The summed E-state index contributed by atoms with van der Waals surface area (Å²) in [7, 11) is 0. The molecule has 9 nitrogen and oxygen atoms in total. The number of para-hydroxylation sites is 1. The van der Waals surface area contributed by atoms with Crippen molar-refractivity contribution in [2.45, 2.75) is 37.8 Å². The number of nitrogens with one attached hydrogen (secondary N) is 2. The maximum atomic E-state index is 13.5. The molecule has 2 heterocycles. The van der Waals surface area contributed by atoms with Gasteiger partial charge in [-0.1, -0.05) is 41.6 Å². The molecular weight excluding hydrogens is 525 g/mol. The number of benzene rings is 2. The average Bonchev–Trinajstić information content (AvgIpc) is 3.65. The summed E-state index contributed by atoms with van der Waals surface area (Å²) in [5.74, 6) is -0.0722. The van der Waals surface area contributed by atoms with Gasteiger partial charge in [0.2, 0.25) is 5.91 Å². The van der Waals surface area contributed by atoms with Crippen LogP contribution in [0, 0.1) is 5.92 Å². The third kappa shape index (κ3) is 6.22. The molecule has 0 radical (unpaired) electrons. The van der Waals surface area contributed by atoms with Crippen LogP contribution in [0.3, 0.4) is 0 Å². The van der Waals surface area contributed by atoms with Gasteiger partial charge in [0.15, 0.2) is 11.5 Å². The number of hydrogen-bond donors (Lipinski definition) is 2. The second-order valence-corrected chi connectivity index (χ2v) is 9.59. The second kappa shape index (κ2) is 11.7. The van der Waals surface area contributed by atoms with Crippen molar-refractivity contribution in [1.82, 2.24) is 30.6 Å². The standard InChI is InChI=1S/C28H27F3N6O3/c29-28(30,31)23-22(17-37(35-23)21-9-5-2-6-10-21)26(39)33-16-15-32-25(38)19-13-11-18(12-14-19)24-34-27(40-36-24)20-7-3-1-4-8-20/h1-10,17-19H,11-16H2,(H,32,38)(H,33,39)/t18-,19-. The molecule has 2 amide bonds. The van der Waals surface area contributed by atoms with Gasteiger partial charge in [-0.05, 0) is 49.9 Å². The van der Waals surface area contributed by atoms with Gasteiger partial charge in [-0.2, -0.15) is 23.3 Å². The Hall–Kier alpha value is -4.48. The van der Waals surface area contributed by atoms with Crippen molar-refractivity contribution < 1.29 is 27.3 Å². The molecule has 1 fully saturated rings. The third-order valence-electron chi connectivity index (χ3n) is 6.88. The minimum atomic E-state index is -4.80. The second-order valence-electron chi connectivity index (χ2n) is 9.59. The summed E-state index contributed by atoms with van der Waals surface area (Å²) in [4.78, 5) is 29.7. The van der Waals surface area contributed by atoms with Gasteiger partial charge in [0.05, 0.1) is 11.3 Å². The average molecular weight is 553 g/mol. The van der Waals surface area contributed by atoms with Crippen LogP contribution in [0.25, 0.3) is 17.1 Å². The molecule has 5 rings (SSSR count). The van der Waals surface area contributed by atoms with Gasteiger partial charge >= 0.3 is 6.18 Å². The molecule has 0 unspecified atom stereocenters. The molecule has 40 heavy (non-hydrogen) atoms. The van der Waals surface area contributed by atoms with E-state index < -0.39 is 23.3 Å². The zero-order chi connectivity index (χ0) is 28.1. The van der Waals surface area contributed by atoms with Crippen molar-refractivity contribution in [2.75, 3.05) is 13.1 Å². The van der Waals surface area contributed by atoms with Crippen LogP contribution in [-0.4, -0.2) is 44.8 Å². The number of rotatable bonds is 8. The summed E-state index contributed by atoms with van der Waals surface area (Å²) in [6, 6.07) is 17.7. The monoisotopic (exact) mass is 552 g/mol. The van der Waals surface area contributed by atoms with Crippen LogP contribution in [0.2, 0.25) is 0 Å². The van der Waals surface area contributed by atoms with Crippen molar-refractivity contribution in [2.24, 2.45) is 5.92 Å². The van der Waals surface area contributed by atoms with Crippen LogP contribution in [0.4, 0.5) is 13.2 Å². The summed E-state index contributed by atoms with van der Waals surface area (Å²) in [6.07, 6.45) is -0.999. The third-order valence-corrected chi connectivity index (χ3v) is 6.88. The van der Waals surface area contributed by atoms with E-state index >= 15 is 0 Å². The normalized spacial score (nSPS) is 17.4. The van der Waals surface area contributed by atoms with Gasteiger partial charge in [0.1, 0.15) is 0 Å². The molecule has 2 N–H and O–H groups in total. The van der Waals surface area contributed by atoms with Gasteiger partial charge < -0.3 is 15.2 Å². The van der Waals surface area contributed by atoms with E-state index in [1.165, 1.54) is 0 Å². The van der Waals surface area contributed by atoms with Crippen molar-refractivity contribution in [1.29, 1.82) is 0 Å². The molecule has 0 aliphatic heterocycles. The molecule has 1 saturated carbocycles. The fourth-order valence-corrected chi connectivity index (χ4v) is 4.78. The highest BCUT2D eigenvalue weighted by molar-refractivity contribution is 5.95. The fourth-order valence-electron chi connectivity index (χ4n) is 4.78. The lowest BCUT2D eigenvalue weighted by Gasteiger charge is -2.25. The number of halogens is 3. The number of nitrogens with zero attached hydrogens (tertiary/aromatic N) is 4. The van der Waals surface area contributed by atoms with Gasteiger partial charge in [-0.3, -0.25) is 9.59 Å². The van der Waals surface area contributed by atoms with Crippen molar-refractivity contribution in [3.8, 4) is 17.1 Å². The highest BCUT2D eigenvalue weighted by atomic mass is 19.4. The Kier molecular flexibility index (Phi) is 7.94. The van der Waals surface area contributed by atoms with E-state index in [1.807, 2.05) is 30.3 Å². The van der Waals surface area contributed by atoms with E-state index in [0.717, 1.165) is 29.3 Å². The lowest BCUT2D eigenvalue weighted by atomic mass is 9.81. The van der Waals surface area contributed by atoms with Gasteiger partial charge in [0.25, 0.3) is 11.8 Å². The number of carbonyl (C=O) groups excluding carboxylic acids is 2. The zero-order valence-corrected chi connectivity index (χ0v) is 21.4. The Morgan fingerprint density at radius 3 is 2.25 bits per heavy atom. The summed E-state index contributed by atoms with van der Waals surface area (Å²) >= 11 is 0. The predicted molar refractivity (Wildman–Crippen MR) is 138 cm³/mol. The summed E-state index contributed by atoms with van der Waals surface area (Å²) in [5, 5.41) is 12.9. The molecule has 1 aliphatic carbocycles. The van der Waals surface area contributed by atoms with Crippen LogP contribution in [0.5, 0.6) is 0 Å². The first kappa shape index (κ1) is 27.1. The van der Waals surface area contributed by atoms with E-state index in [2.05, 4.69) is 25.9 Å². The van der Waals surface area contributed by atoms with E-state index in [0.29, 0.717) is 30.2 Å². The molecule has 208 valence electrons. The first-order chi connectivity index (χ1) is 19.3. The van der Waals surface area contributed by atoms with Crippen LogP contribution >= 0.6 is 0 Å². The number of amides is 2. The van der Waals surface area contributed by atoms with Crippen molar-refractivity contribution >= 4 is 11.8 Å². The molecule has 2 aromatic heterocycles. The maximum absolute atomic E-state index is 13.5. The van der Waals surface area contributed by atoms with Crippen LogP contribution in [0.1, 0.15) is 53.5 Å². The SMILES string of the molecule is O=C(NCCNC(=O)[C@H]1CC[C@H](c2noc(-c3ccccc3)n2)CC1)c1cn(-c2ccccc2)nc1C(F)(F)F. The van der Waals surface area contributed by atoms with Crippen LogP contribution < -0.4 is 10.6 Å². The van der Waals surface area contributed by atoms with E-state index in [9.17, 15) is 22.8 Å². The van der Waals surface area contributed by atoms with Crippen molar-refractivity contribution in [3.05, 3.63) is 83.9 Å². The molecule has 2 aromatic carbocycles. The van der Waals surface area contributed by atoms with Gasteiger partial charge in [-0.15, -0.1) is 0 Å². The smallest absolute Gasteiger partial charge is 0.354 e. The first-order valence-corrected chi connectivity index (χ1v) is 13.0. The van der Waals surface area contributed by atoms with Crippen LogP contribution in [-0.2, 0) is 11.0 Å². The first-order valence-electron chi connectivity index (χ1n) is 13.0. The van der Waals surface area contributed by atoms with E-state index in [1.54, 1.807) is 30.3 Å². The quantitative estimate of drug-likeness (QED) is 0.305. The number of aromatic nitrogens is 4. The van der Waals surface area contributed by atoms with Gasteiger partial charge in [0, 0.05) is 36.7 Å².